The van der Waals surface area contributed by atoms with E-state index >= 15 is 0 Å². The summed E-state index contributed by atoms with van der Waals surface area (Å²) in [5.41, 5.74) is 0.380. The highest BCUT2D eigenvalue weighted by atomic mass is 19.4. The summed E-state index contributed by atoms with van der Waals surface area (Å²) in [6.45, 7) is 0.760. The van der Waals surface area contributed by atoms with E-state index in [1.165, 1.54) is 17.6 Å². The van der Waals surface area contributed by atoms with Crippen LogP contribution in [0.5, 0.6) is 0 Å². The van der Waals surface area contributed by atoms with Gasteiger partial charge in [0.25, 0.3) is 0 Å². The molecule has 0 bridgehead atoms. The Bertz CT molecular complexity index is 1090. The van der Waals surface area contributed by atoms with Crippen LogP contribution in [-0.4, -0.2) is 19.4 Å². The molecule has 1 heterocycles. The molecule has 0 saturated carbocycles. The van der Waals surface area contributed by atoms with Crippen LogP contribution in [-0.2, 0) is 9.47 Å². The molecule has 1 aliphatic carbocycles. The van der Waals surface area contributed by atoms with E-state index in [1.54, 1.807) is 0 Å². The highest BCUT2D eigenvalue weighted by Gasteiger charge is 2.28. The molecule has 0 aromatic heterocycles. The summed E-state index contributed by atoms with van der Waals surface area (Å²) in [5, 5.41) is -0.801. The van der Waals surface area contributed by atoms with Gasteiger partial charge in [0.2, 0.25) is 0 Å². The number of ether oxygens (including phenoxy) is 2. The van der Waals surface area contributed by atoms with E-state index in [4.69, 9.17) is 9.47 Å². The van der Waals surface area contributed by atoms with Crippen LogP contribution in [0.3, 0.4) is 0 Å². The molecule has 0 unspecified atom stereocenters. The van der Waals surface area contributed by atoms with Crippen molar-refractivity contribution in [2.45, 2.75) is 38.1 Å². The highest BCUT2D eigenvalue weighted by Crippen LogP contribution is 2.35. The second kappa shape index (κ2) is 8.56. The summed E-state index contributed by atoms with van der Waals surface area (Å²) >= 11 is 0. The quantitative estimate of drug-likeness (QED) is 0.309. The predicted octanol–water partition coefficient (Wildman–Crippen LogP) is 6.33. The van der Waals surface area contributed by atoms with Gasteiger partial charge >= 0.3 is 6.18 Å². The van der Waals surface area contributed by atoms with Crippen molar-refractivity contribution in [2.75, 3.05) is 13.2 Å². The minimum absolute atomic E-state index is 0.117. The maximum absolute atomic E-state index is 14.7. The number of benzene rings is 2. The molecule has 1 saturated heterocycles. The smallest absolute Gasteiger partial charge is 0.348 e. The first kappa shape index (κ1) is 21.7. The van der Waals surface area contributed by atoms with Crippen molar-refractivity contribution in [2.24, 2.45) is 5.92 Å². The molecule has 2 aromatic rings. The first-order valence-electron chi connectivity index (χ1n) is 9.86. The largest absolute Gasteiger partial charge is 0.458 e. The molecule has 4 rings (SSSR count). The second-order valence-corrected chi connectivity index (χ2v) is 7.62. The average molecular weight is 440 g/mol. The lowest BCUT2D eigenvalue weighted by Gasteiger charge is -2.32. The SMILES string of the molecule is Fc1cc2cc(C3OCC(C4=CCCCC4)CO3)cc(F)c2c(F)c1C#CC(F)(F)F. The second-order valence-electron chi connectivity index (χ2n) is 7.62. The average Bonchev–Trinajstić information content (AvgIpc) is 2.73. The maximum Gasteiger partial charge on any atom is 0.458 e. The fraction of sp³-hybridized carbons (Fsp3) is 0.391. The Morgan fingerprint density at radius 3 is 2.32 bits per heavy atom. The Balaban J connectivity index is 1.61. The molecule has 0 atom stereocenters. The van der Waals surface area contributed by atoms with Crippen LogP contribution >= 0.6 is 0 Å². The molecule has 2 aromatic carbocycles. The lowest BCUT2D eigenvalue weighted by Crippen LogP contribution is -2.29. The minimum atomic E-state index is -4.93. The van der Waals surface area contributed by atoms with Crippen LogP contribution in [0.25, 0.3) is 10.8 Å². The fourth-order valence-corrected chi connectivity index (χ4v) is 3.96. The number of rotatable bonds is 2. The molecule has 8 heteroatoms. The van der Waals surface area contributed by atoms with Gasteiger partial charge in [0, 0.05) is 17.4 Å². The normalized spacial score (nSPS) is 22.1. The number of fused-ring (bicyclic) bond motifs is 1. The van der Waals surface area contributed by atoms with Gasteiger partial charge in [-0.15, -0.1) is 0 Å². The van der Waals surface area contributed by atoms with E-state index in [0.717, 1.165) is 43.7 Å². The number of hydrogen-bond donors (Lipinski definition) is 0. The standard InChI is InChI=1S/C23H18F6O2/c24-18-9-14-8-15(22-30-11-16(12-31-22)13-4-2-1-3-5-13)10-19(25)20(14)21(26)17(18)6-7-23(27,28)29/h4,8-10,16,22H,1-3,5,11-12H2. The van der Waals surface area contributed by atoms with Gasteiger partial charge in [-0.2, -0.15) is 13.2 Å². The lowest BCUT2D eigenvalue weighted by atomic mass is 9.89. The molecular formula is C23H18F6O2. The molecule has 0 spiro atoms. The molecule has 0 radical (unpaired) electrons. The number of allylic oxidation sites excluding steroid dienone is 1. The van der Waals surface area contributed by atoms with E-state index in [9.17, 15) is 26.3 Å². The zero-order chi connectivity index (χ0) is 22.2. The summed E-state index contributed by atoms with van der Waals surface area (Å²) in [7, 11) is 0. The topological polar surface area (TPSA) is 18.5 Å². The maximum atomic E-state index is 14.7. The van der Waals surface area contributed by atoms with E-state index in [0.29, 0.717) is 13.2 Å². The molecule has 31 heavy (non-hydrogen) atoms. The van der Waals surface area contributed by atoms with Gasteiger partial charge in [0.15, 0.2) is 12.1 Å². The summed E-state index contributed by atoms with van der Waals surface area (Å²) in [4.78, 5) is 0. The van der Waals surface area contributed by atoms with Crippen LogP contribution in [0.15, 0.2) is 29.8 Å². The number of alkyl halides is 3. The van der Waals surface area contributed by atoms with Crippen LogP contribution < -0.4 is 0 Å². The van der Waals surface area contributed by atoms with Crippen LogP contribution in [0.2, 0.25) is 0 Å². The van der Waals surface area contributed by atoms with Crippen molar-refractivity contribution in [3.63, 3.8) is 0 Å². The van der Waals surface area contributed by atoms with Gasteiger partial charge in [0.1, 0.15) is 11.6 Å². The van der Waals surface area contributed by atoms with Gasteiger partial charge in [-0.05, 0) is 49.3 Å². The van der Waals surface area contributed by atoms with Gasteiger partial charge in [-0.25, -0.2) is 13.2 Å². The van der Waals surface area contributed by atoms with E-state index in [2.05, 4.69) is 6.08 Å². The fourth-order valence-electron chi connectivity index (χ4n) is 3.96. The van der Waals surface area contributed by atoms with Gasteiger partial charge < -0.3 is 9.47 Å². The highest BCUT2D eigenvalue weighted by molar-refractivity contribution is 5.86. The Kier molecular flexibility index (Phi) is 6.00. The monoisotopic (exact) mass is 440 g/mol. The van der Waals surface area contributed by atoms with Gasteiger partial charge in [-0.3, -0.25) is 0 Å². The lowest BCUT2D eigenvalue weighted by molar-refractivity contribution is -0.199. The summed E-state index contributed by atoms with van der Waals surface area (Å²) < 4.78 is 91.8. The van der Waals surface area contributed by atoms with Crippen molar-refractivity contribution >= 4 is 10.8 Å². The predicted molar refractivity (Wildman–Crippen MR) is 101 cm³/mol. The molecule has 0 amide bonds. The van der Waals surface area contributed by atoms with Gasteiger partial charge in [0.05, 0.1) is 24.2 Å². The first-order valence-corrected chi connectivity index (χ1v) is 9.86. The molecule has 2 nitrogen and oxygen atoms in total. The van der Waals surface area contributed by atoms with Crippen LogP contribution in [0.1, 0.15) is 43.1 Å². The summed E-state index contributed by atoms with van der Waals surface area (Å²) in [6, 6.07) is 3.04. The van der Waals surface area contributed by atoms with Crippen molar-refractivity contribution in [1.82, 2.24) is 0 Å². The molecule has 1 aliphatic heterocycles. The number of halogens is 6. The summed E-state index contributed by atoms with van der Waals surface area (Å²) in [6.07, 6.45) is 0.651. The van der Waals surface area contributed by atoms with E-state index in [-0.39, 0.29) is 16.9 Å². The molecule has 1 fully saturated rings. The van der Waals surface area contributed by atoms with Crippen LogP contribution in [0, 0.1) is 35.2 Å². The van der Waals surface area contributed by atoms with Crippen molar-refractivity contribution in [3.8, 4) is 11.8 Å². The Hall–Kier alpha value is -2.50. The molecular weight excluding hydrogens is 422 g/mol. The Morgan fingerprint density at radius 2 is 1.68 bits per heavy atom. The van der Waals surface area contributed by atoms with Crippen molar-refractivity contribution in [1.29, 1.82) is 0 Å². The minimum Gasteiger partial charge on any atom is -0.348 e. The zero-order valence-electron chi connectivity index (χ0n) is 16.3. The van der Waals surface area contributed by atoms with Gasteiger partial charge in [-0.1, -0.05) is 17.6 Å². The number of hydrogen-bond acceptors (Lipinski definition) is 2. The first-order chi connectivity index (χ1) is 14.7. The van der Waals surface area contributed by atoms with E-state index < -0.39 is 40.9 Å². The van der Waals surface area contributed by atoms with E-state index in [1.807, 2.05) is 0 Å². The summed E-state index contributed by atoms with van der Waals surface area (Å²) in [5.74, 6) is -1.53. The third-order valence-corrected chi connectivity index (χ3v) is 5.45. The third kappa shape index (κ3) is 4.73. The third-order valence-electron chi connectivity index (χ3n) is 5.45. The Morgan fingerprint density at radius 1 is 0.935 bits per heavy atom. The molecule has 164 valence electrons. The van der Waals surface area contributed by atoms with Crippen molar-refractivity contribution in [3.05, 3.63) is 58.4 Å². The Labute approximate surface area is 174 Å². The van der Waals surface area contributed by atoms with Crippen LogP contribution in [0.4, 0.5) is 26.3 Å². The molecule has 2 aliphatic rings. The molecule has 0 N–H and O–H groups in total. The zero-order valence-corrected chi connectivity index (χ0v) is 16.3. The van der Waals surface area contributed by atoms with Crippen molar-refractivity contribution < 1.29 is 35.8 Å².